The van der Waals surface area contributed by atoms with Crippen LogP contribution in [0, 0.1) is 5.82 Å². The fraction of sp³-hybridized carbons (Fsp3) is 0.300. The highest BCUT2D eigenvalue weighted by atomic mass is 35.5. The van der Waals surface area contributed by atoms with Crippen molar-refractivity contribution in [2.24, 2.45) is 0 Å². The van der Waals surface area contributed by atoms with Crippen molar-refractivity contribution in [1.82, 2.24) is 5.32 Å². The average molecular weight is 297 g/mol. The standard InChI is InChI=1S/C10H11Cl2FN2OS/c1-16-3-2-14-10(17)15-9-7(11)4-6(13)5-8(9)12/h4-5H,2-3H2,1H3,(H2,14,15,17). The molecule has 0 spiro atoms. The Labute approximate surface area is 114 Å². The minimum Gasteiger partial charge on any atom is -0.383 e. The first kappa shape index (κ1) is 14.4. The molecule has 7 heteroatoms. The number of halogens is 3. The van der Waals surface area contributed by atoms with Crippen LogP contribution >= 0.6 is 35.4 Å². The molecule has 1 rings (SSSR count). The number of methoxy groups -OCH3 is 1. The van der Waals surface area contributed by atoms with Crippen LogP contribution in [0.25, 0.3) is 0 Å². The third kappa shape index (κ3) is 4.63. The molecule has 2 N–H and O–H groups in total. The highest BCUT2D eigenvalue weighted by Crippen LogP contribution is 2.31. The zero-order valence-corrected chi connectivity index (χ0v) is 11.3. The lowest BCUT2D eigenvalue weighted by molar-refractivity contribution is 0.204. The molecule has 3 nitrogen and oxygen atoms in total. The molecule has 0 saturated heterocycles. The van der Waals surface area contributed by atoms with Crippen LogP contribution in [-0.2, 0) is 4.74 Å². The predicted octanol–water partition coefficient (Wildman–Crippen LogP) is 3.07. The summed E-state index contributed by atoms with van der Waals surface area (Å²) >= 11 is 16.7. The molecule has 0 unspecified atom stereocenters. The van der Waals surface area contributed by atoms with Crippen LogP contribution in [0.5, 0.6) is 0 Å². The molecule has 0 amide bonds. The van der Waals surface area contributed by atoms with Crippen molar-refractivity contribution in [3.63, 3.8) is 0 Å². The summed E-state index contributed by atoms with van der Waals surface area (Å²) in [4.78, 5) is 0. The second kappa shape index (κ2) is 6.96. The Morgan fingerprint density at radius 2 is 2.00 bits per heavy atom. The topological polar surface area (TPSA) is 33.3 Å². The van der Waals surface area contributed by atoms with Crippen molar-refractivity contribution in [3.05, 3.63) is 28.0 Å². The Hall–Kier alpha value is -0.620. The highest BCUT2D eigenvalue weighted by Gasteiger charge is 2.09. The number of hydrogen-bond donors (Lipinski definition) is 2. The SMILES string of the molecule is COCCNC(=S)Nc1c(Cl)cc(F)cc1Cl. The van der Waals surface area contributed by atoms with E-state index in [1.165, 1.54) is 0 Å². The Morgan fingerprint density at radius 1 is 1.41 bits per heavy atom. The van der Waals surface area contributed by atoms with E-state index in [4.69, 9.17) is 40.2 Å². The maximum absolute atomic E-state index is 12.9. The van der Waals surface area contributed by atoms with Gasteiger partial charge >= 0.3 is 0 Å². The summed E-state index contributed by atoms with van der Waals surface area (Å²) in [5.41, 5.74) is 0.379. The molecule has 0 bridgehead atoms. The Bertz CT molecular complexity index is 394. The Balaban J connectivity index is 2.65. The van der Waals surface area contributed by atoms with Crippen LogP contribution in [-0.4, -0.2) is 25.4 Å². The first-order valence-corrected chi connectivity index (χ1v) is 5.89. The van der Waals surface area contributed by atoms with Crippen molar-refractivity contribution < 1.29 is 9.13 Å². The van der Waals surface area contributed by atoms with Crippen LogP contribution in [0.15, 0.2) is 12.1 Å². The number of thiocarbonyl (C=S) groups is 1. The van der Waals surface area contributed by atoms with Gasteiger partial charge < -0.3 is 15.4 Å². The van der Waals surface area contributed by atoms with E-state index in [9.17, 15) is 4.39 Å². The highest BCUT2D eigenvalue weighted by molar-refractivity contribution is 7.80. The number of nitrogens with one attached hydrogen (secondary N) is 2. The van der Waals surface area contributed by atoms with Gasteiger partial charge in [-0.1, -0.05) is 23.2 Å². The molecule has 17 heavy (non-hydrogen) atoms. The number of benzene rings is 1. The van der Waals surface area contributed by atoms with Crippen molar-refractivity contribution in [1.29, 1.82) is 0 Å². The van der Waals surface area contributed by atoms with E-state index >= 15 is 0 Å². The lowest BCUT2D eigenvalue weighted by Gasteiger charge is -2.12. The Kier molecular flexibility index (Phi) is 5.91. The molecule has 0 atom stereocenters. The number of ether oxygens (including phenoxy) is 1. The summed E-state index contributed by atoms with van der Waals surface area (Å²) in [5.74, 6) is -0.496. The maximum atomic E-state index is 12.9. The predicted molar refractivity (Wildman–Crippen MR) is 72.5 cm³/mol. The lowest BCUT2D eigenvalue weighted by Crippen LogP contribution is -2.31. The molecule has 0 saturated carbocycles. The van der Waals surface area contributed by atoms with Gasteiger partial charge in [-0.2, -0.15) is 0 Å². The molecule has 1 aromatic rings. The molecule has 0 aliphatic rings. The van der Waals surface area contributed by atoms with Gasteiger partial charge in [0.1, 0.15) is 5.82 Å². The zero-order valence-electron chi connectivity index (χ0n) is 9.02. The lowest BCUT2D eigenvalue weighted by atomic mass is 10.3. The summed E-state index contributed by atoms with van der Waals surface area (Å²) in [7, 11) is 1.59. The first-order chi connectivity index (χ1) is 8.04. The summed E-state index contributed by atoms with van der Waals surface area (Å²) in [6.07, 6.45) is 0. The maximum Gasteiger partial charge on any atom is 0.170 e. The van der Waals surface area contributed by atoms with Gasteiger partial charge in [0.25, 0.3) is 0 Å². The summed E-state index contributed by atoms with van der Waals surface area (Å²) in [6, 6.07) is 2.32. The Morgan fingerprint density at radius 3 is 2.53 bits per heavy atom. The second-order valence-corrected chi connectivity index (χ2v) is 4.34. The fourth-order valence-electron chi connectivity index (χ4n) is 1.09. The van der Waals surface area contributed by atoms with E-state index in [-0.39, 0.29) is 10.0 Å². The van der Waals surface area contributed by atoms with Gasteiger partial charge in [-0.05, 0) is 24.4 Å². The molecular formula is C10H11Cl2FN2OS. The minimum atomic E-state index is -0.496. The van der Waals surface area contributed by atoms with E-state index in [0.29, 0.717) is 24.0 Å². The molecular weight excluding hydrogens is 286 g/mol. The first-order valence-electron chi connectivity index (χ1n) is 4.73. The average Bonchev–Trinajstić information content (AvgIpc) is 2.24. The molecule has 0 heterocycles. The second-order valence-electron chi connectivity index (χ2n) is 3.12. The summed E-state index contributed by atoms with van der Waals surface area (Å²) in [6.45, 7) is 1.07. The van der Waals surface area contributed by atoms with Gasteiger partial charge in [-0.3, -0.25) is 0 Å². The van der Waals surface area contributed by atoms with Gasteiger partial charge in [0.2, 0.25) is 0 Å². The van der Waals surface area contributed by atoms with Gasteiger partial charge in [0.15, 0.2) is 5.11 Å². The van der Waals surface area contributed by atoms with Gasteiger partial charge in [-0.15, -0.1) is 0 Å². The molecule has 1 aromatic carbocycles. The third-order valence-corrected chi connectivity index (χ3v) is 2.68. The largest absolute Gasteiger partial charge is 0.383 e. The van der Waals surface area contributed by atoms with E-state index in [2.05, 4.69) is 10.6 Å². The molecule has 0 aliphatic heterocycles. The van der Waals surface area contributed by atoms with E-state index in [1.807, 2.05) is 0 Å². The smallest absolute Gasteiger partial charge is 0.170 e. The zero-order chi connectivity index (χ0) is 12.8. The number of hydrogen-bond acceptors (Lipinski definition) is 2. The van der Waals surface area contributed by atoms with Gasteiger partial charge in [-0.25, -0.2) is 4.39 Å². The van der Waals surface area contributed by atoms with E-state index < -0.39 is 5.82 Å². The van der Waals surface area contributed by atoms with Gasteiger partial charge in [0.05, 0.1) is 22.3 Å². The van der Waals surface area contributed by atoms with Crippen LogP contribution < -0.4 is 10.6 Å². The van der Waals surface area contributed by atoms with Gasteiger partial charge in [0, 0.05) is 13.7 Å². The van der Waals surface area contributed by atoms with Crippen LogP contribution in [0.1, 0.15) is 0 Å². The van der Waals surface area contributed by atoms with E-state index in [1.54, 1.807) is 7.11 Å². The molecule has 0 aromatic heterocycles. The summed E-state index contributed by atoms with van der Waals surface area (Å²) < 4.78 is 17.8. The van der Waals surface area contributed by atoms with Crippen LogP contribution in [0.4, 0.5) is 10.1 Å². The quantitative estimate of drug-likeness (QED) is 0.661. The van der Waals surface area contributed by atoms with Crippen molar-refractivity contribution in [2.75, 3.05) is 25.6 Å². The summed E-state index contributed by atoms with van der Waals surface area (Å²) in [5, 5.41) is 6.37. The van der Waals surface area contributed by atoms with E-state index in [0.717, 1.165) is 12.1 Å². The fourth-order valence-corrected chi connectivity index (χ4v) is 1.85. The normalized spacial score (nSPS) is 10.1. The third-order valence-electron chi connectivity index (χ3n) is 1.84. The molecule has 0 aliphatic carbocycles. The minimum absolute atomic E-state index is 0.172. The van der Waals surface area contributed by atoms with Crippen molar-refractivity contribution >= 4 is 46.2 Å². The molecule has 0 fully saturated rings. The van der Waals surface area contributed by atoms with Crippen molar-refractivity contribution in [3.8, 4) is 0 Å². The van der Waals surface area contributed by atoms with Crippen molar-refractivity contribution in [2.45, 2.75) is 0 Å². The monoisotopic (exact) mass is 296 g/mol. The van der Waals surface area contributed by atoms with Crippen LogP contribution in [0.3, 0.4) is 0 Å². The molecule has 0 radical (unpaired) electrons. The van der Waals surface area contributed by atoms with Crippen LogP contribution in [0.2, 0.25) is 10.0 Å². The number of anilines is 1. The molecule has 94 valence electrons. The number of rotatable bonds is 4.